The normalized spacial score (nSPS) is 19.4. The number of rotatable bonds is 8. The number of ketones is 1. The molecule has 1 atom stereocenters. The van der Waals surface area contributed by atoms with Crippen LogP contribution in [-0.4, -0.2) is 42.0 Å². The smallest absolute Gasteiger partial charge is 0.323 e. The molecule has 1 aliphatic carbocycles. The average Bonchev–Trinajstić information content (AvgIpc) is 2.73. The fraction of sp³-hybridized carbons (Fsp3) is 0.556. The minimum atomic E-state index is -1.59. The number of hydrogen-bond acceptors (Lipinski definition) is 7. The summed E-state index contributed by atoms with van der Waals surface area (Å²) in [7, 11) is 0. The number of fused-ring (bicyclic) bond motifs is 1. The van der Waals surface area contributed by atoms with E-state index in [4.69, 9.17) is 14.2 Å². The number of carbonyl (C=O) groups excluding carboxylic acids is 4. The molecule has 1 unspecified atom stereocenters. The quantitative estimate of drug-likeness (QED) is 0.301. The van der Waals surface area contributed by atoms with Crippen LogP contribution in [0, 0.1) is 10.8 Å². The highest BCUT2D eigenvalue weighted by Crippen LogP contribution is 2.44. The van der Waals surface area contributed by atoms with Crippen LogP contribution in [0.5, 0.6) is 0 Å². The fourth-order valence-corrected chi connectivity index (χ4v) is 3.77. The average molecular weight is 473 g/mol. The summed E-state index contributed by atoms with van der Waals surface area (Å²) in [5.74, 6) is -2.29. The van der Waals surface area contributed by atoms with Crippen molar-refractivity contribution in [2.24, 2.45) is 10.8 Å². The summed E-state index contributed by atoms with van der Waals surface area (Å²) in [6.45, 7) is 13.3. The number of hydrogen-bond donors (Lipinski definition) is 0. The van der Waals surface area contributed by atoms with E-state index in [1.54, 1.807) is 78.8 Å². The summed E-state index contributed by atoms with van der Waals surface area (Å²) in [5, 5.41) is 0. The summed E-state index contributed by atoms with van der Waals surface area (Å²) >= 11 is 0. The highest BCUT2D eigenvalue weighted by Gasteiger charge is 2.49. The molecule has 0 N–H and O–H groups in total. The van der Waals surface area contributed by atoms with E-state index in [9.17, 15) is 19.2 Å². The van der Waals surface area contributed by atoms with Crippen molar-refractivity contribution in [2.45, 2.75) is 86.5 Å². The van der Waals surface area contributed by atoms with Crippen LogP contribution >= 0.6 is 0 Å². The van der Waals surface area contributed by atoms with E-state index in [2.05, 4.69) is 0 Å². The number of Topliss-reactive ketones (excluding diaryl/α,β-unsaturated/α-hetero) is 1. The van der Waals surface area contributed by atoms with Crippen molar-refractivity contribution < 1.29 is 33.4 Å². The number of ether oxygens (including phenoxy) is 3. The monoisotopic (exact) mass is 472 g/mol. The van der Waals surface area contributed by atoms with Gasteiger partial charge in [-0.05, 0) is 79.4 Å². The molecular formula is C27H36O7. The van der Waals surface area contributed by atoms with Gasteiger partial charge in [0.2, 0.25) is 0 Å². The van der Waals surface area contributed by atoms with Crippen LogP contribution in [0.2, 0.25) is 0 Å². The zero-order valence-electron chi connectivity index (χ0n) is 21.4. The van der Waals surface area contributed by atoms with E-state index in [-0.39, 0.29) is 24.7 Å². The second kappa shape index (κ2) is 10.5. The van der Waals surface area contributed by atoms with Gasteiger partial charge in [-0.2, -0.15) is 0 Å². The fourth-order valence-electron chi connectivity index (χ4n) is 3.77. The molecule has 0 bridgehead atoms. The first-order chi connectivity index (χ1) is 15.7. The molecule has 0 saturated carbocycles. The van der Waals surface area contributed by atoms with Gasteiger partial charge in [0.1, 0.15) is 5.41 Å². The molecule has 0 aliphatic heterocycles. The van der Waals surface area contributed by atoms with Crippen molar-refractivity contribution in [3.05, 3.63) is 41.5 Å². The Balaban J connectivity index is 2.54. The van der Waals surface area contributed by atoms with Crippen LogP contribution in [0.1, 0.15) is 84.2 Å². The summed E-state index contributed by atoms with van der Waals surface area (Å²) in [6, 6.07) is 7.00. The molecule has 2 rings (SSSR count). The Morgan fingerprint density at radius 2 is 1.38 bits per heavy atom. The van der Waals surface area contributed by atoms with Crippen molar-refractivity contribution in [1.82, 2.24) is 0 Å². The third kappa shape index (κ3) is 5.75. The number of esters is 3. The SMILES string of the molecule is CC(C)OC(=O)C(C)(C/C=C1/CC(C)(C(=O)OC(C)C)C(=O)c2ccccc21)C(=O)OC(C)C. The van der Waals surface area contributed by atoms with Crippen molar-refractivity contribution in [2.75, 3.05) is 0 Å². The van der Waals surface area contributed by atoms with Crippen LogP contribution in [0.4, 0.5) is 0 Å². The van der Waals surface area contributed by atoms with Gasteiger partial charge in [-0.3, -0.25) is 19.2 Å². The molecule has 7 heteroatoms. The van der Waals surface area contributed by atoms with Gasteiger partial charge < -0.3 is 14.2 Å². The van der Waals surface area contributed by atoms with Crippen molar-refractivity contribution in [1.29, 1.82) is 0 Å². The highest BCUT2D eigenvalue weighted by atomic mass is 16.6. The van der Waals surface area contributed by atoms with Crippen LogP contribution in [0.3, 0.4) is 0 Å². The van der Waals surface area contributed by atoms with Crippen LogP contribution in [0.25, 0.3) is 5.57 Å². The van der Waals surface area contributed by atoms with Gasteiger partial charge in [0.25, 0.3) is 0 Å². The predicted molar refractivity (Wildman–Crippen MR) is 128 cm³/mol. The lowest BCUT2D eigenvalue weighted by Gasteiger charge is -2.34. The zero-order chi connectivity index (χ0) is 25.8. The van der Waals surface area contributed by atoms with Gasteiger partial charge >= 0.3 is 17.9 Å². The molecule has 34 heavy (non-hydrogen) atoms. The molecule has 0 heterocycles. The van der Waals surface area contributed by atoms with Gasteiger partial charge in [0, 0.05) is 5.56 Å². The third-order valence-corrected chi connectivity index (χ3v) is 5.70. The third-order valence-electron chi connectivity index (χ3n) is 5.70. The second-order valence-electron chi connectivity index (χ2n) is 10.0. The molecule has 0 aromatic heterocycles. The lowest BCUT2D eigenvalue weighted by Crippen LogP contribution is -2.42. The Kier molecular flexibility index (Phi) is 8.45. The Bertz CT molecular complexity index is 964. The van der Waals surface area contributed by atoms with Gasteiger partial charge in [-0.1, -0.05) is 30.3 Å². The molecular weight excluding hydrogens is 436 g/mol. The molecule has 0 saturated heterocycles. The Labute approximate surface area is 201 Å². The second-order valence-corrected chi connectivity index (χ2v) is 10.0. The largest absolute Gasteiger partial charge is 0.462 e. The van der Waals surface area contributed by atoms with Gasteiger partial charge in [-0.25, -0.2) is 0 Å². The molecule has 1 aliphatic rings. The van der Waals surface area contributed by atoms with Crippen LogP contribution in [0.15, 0.2) is 30.3 Å². The molecule has 1 aromatic rings. The summed E-state index contributed by atoms with van der Waals surface area (Å²) in [5.41, 5.74) is -1.26. The van der Waals surface area contributed by atoms with Gasteiger partial charge in [0.15, 0.2) is 11.2 Å². The molecule has 7 nitrogen and oxygen atoms in total. The minimum Gasteiger partial charge on any atom is -0.462 e. The van der Waals surface area contributed by atoms with E-state index in [1.807, 2.05) is 0 Å². The lowest BCUT2D eigenvalue weighted by molar-refractivity contribution is -0.175. The van der Waals surface area contributed by atoms with E-state index in [0.29, 0.717) is 16.7 Å². The first-order valence-electron chi connectivity index (χ1n) is 11.7. The molecule has 0 fully saturated rings. The Morgan fingerprint density at radius 3 is 1.85 bits per heavy atom. The highest BCUT2D eigenvalue weighted by molar-refractivity contribution is 6.17. The van der Waals surface area contributed by atoms with Gasteiger partial charge in [-0.15, -0.1) is 0 Å². The topological polar surface area (TPSA) is 96.0 Å². The maximum Gasteiger partial charge on any atom is 0.323 e. The first kappa shape index (κ1) is 27.3. The predicted octanol–water partition coefficient (Wildman–Crippen LogP) is 4.91. The summed E-state index contributed by atoms with van der Waals surface area (Å²) in [6.07, 6.45) is 0.610. The molecule has 0 amide bonds. The van der Waals surface area contributed by atoms with E-state index in [1.165, 1.54) is 6.92 Å². The molecule has 0 radical (unpaired) electrons. The number of carbonyl (C=O) groups is 4. The standard InChI is InChI=1S/C27H36O7/c1-16(2)32-23(29)26(7,24(30)33-17(3)4)14-13-19-15-27(8,25(31)34-18(5)6)22(28)21-12-10-9-11-20(19)21/h9-13,16-18H,14-15H2,1-8H3/b19-13-. The maximum absolute atomic E-state index is 13.3. The Hall–Kier alpha value is -2.96. The van der Waals surface area contributed by atoms with Crippen molar-refractivity contribution in [3.63, 3.8) is 0 Å². The zero-order valence-corrected chi connectivity index (χ0v) is 21.4. The molecule has 0 spiro atoms. The number of benzene rings is 1. The van der Waals surface area contributed by atoms with E-state index in [0.717, 1.165) is 0 Å². The summed E-state index contributed by atoms with van der Waals surface area (Å²) < 4.78 is 16.1. The van der Waals surface area contributed by atoms with Gasteiger partial charge in [0.05, 0.1) is 18.3 Å². The first-order valence-corrected chi connectivity index (χ1v) is 11.7. The van der Waals surface area contributed by atoms with Crippen molar-refractivity contribution >= 4 is 29.3 Å². The van der Waals surface area contributed by atoms with Crippen LogP contribution < -0.4 is 0 Å². The Morgan fingerprint density at radius 1 is 0.912 bits per heavy atom. The lowest BCUT2D eigenvalue weighted by atomic mass is 9.69. The number of allylic oxidation sites excluding steroid dienone is 2. The van der Waals surface area contributed by atoms with Crippen molar-refractivity contribution in [3.8, 4) is 0 Å². The summed E-state index contributed by atoms with van der Waals surface area (Å²) in [4.78, 5) is 52.1. The van der Waals surface area contributed by atoms with E-state index < -0.39 is 40.9 Å². The van der Waals surface area contributed by atoms with E-state index >= 15 is 0 Å². The molecule has 1 aromatic carbocycles. The van der Waals surface area contributed by atoms with Crippen LogP contribution in [-0.2, 0) is 28.6 Å². The maximum atomic E-state index is 13.3. The molecule has 186 valence electrons. The minimum absolute atomic E-state index is 0.0166.